The van der Waals surface area contributed by atoms with Gasteiger partial charge in [-0.25, -0.2) is 4.79 Å². The summed E-state index contributed by atoms with van der Waals surface area (Å²) in [6.07, 6.45) is 2.10. The molecule has 22 heavy (non-hydrogen) atoms. The Morgan fingerprint density at radius 2 is 2.23 bits per heavy atom. The number of benzene rings is 1. The van der Waals surface area contributed by atoms with Crippen LogP contribution < -0.4 is 5.32 Å². The van der Waals surface area contributed by atoms with Crippen LogP contribution in [0.25, 0.3) is 0 Å². The summed E-state index contributed by atoms with van der Waals surface area (Å²) in [7, 11) is 0. The van der Waals surface area contributed by atoms with Gasteiger partial charge in [-0.3, -0.25) is 0 Å². The molecule has 5 heteroatoms. The second-order valence-corrected chi connectivity index (χ2v) is 5.88. The van der Waals surface area contributed by atoms with Gasteiger partial charge in [-0.1, -0.05) is 35.5 Å². The van der Waals surface area contributed by atoms with E-state index in [1.807, 2.05) is 24.0 Å². The number of likely N-dealkylation sites (tertiary alicyclic amines) is 1. The van der Waals surface area contributed by atoms with Crippen molar-refractivity contribution in [2.24, 2.45) is 5.92 Å². The molecule has 0 saturated carbocycles. The monoisotopic (exact) mass is 299 g/mol. The molecule has 0 aliphatic carbocycles. The van der Waals surface area contributed by atoms with E-state index in [2.05, 4.69) is 34.7 Å². The lowest BCUT2D eigenvalue weighted by molar-refractivity contribution is 0.206. The van der Waals surface area contributed by atoms with Crippen LogP contribution >= 0.6 is 0 Å². The fourth-order valence-corrected chi connectivity index (χ4v) is 2.91. The predicted octanol–water partition coefficient (Wildman–Crippen LogP) is 2.76. The fourth-order valence-electron chi connectivity index (χ4n) is 2.91. The predicted molar refractivity (Wildman–Crippen MR) is 83.3 cm³/mol. The number of nitrogens with one attached hydrogen (secondary N) is 1. The molecule has 0 radical (unpaired) electrons. The Hall–Kier alpha value is -2.30. The Labute approximate surface area is 130 Å². The number of carbonyl (C=O) groups excluding carboxylic acids is 1. The molecule has 1 atom stereocenters. The maximum absolute atomic E-state index is 12.2. The van der Waals surface area contributed by atoms with Gasteiger partial charge in [-0.05, 0) is 31.2 Å². The molecule has 1 fully saturated rings. The second kappa shape index (κ2) is 6.64. The van der Waals surface area contributed by atoms with Gasteiger partial charge in [0, 0.05) is 19.2 Å². The van der Waals surface area contributed by atoms with Gasteiger partial charge in [-0.15, -0.1) is 0 Å². The van der Waals surface area contributed by atoms with E-state index in [4.69, 9.17) is 4.52 Å². The van der Waals surface area contributed by atoms with Crippen molar-refractivity contribution < 1.29 is 9.32 Å². The molecule has 2 aromatic rings. The van der Waals surface area contributed by atoms with E-state index in [1.165, 1.54) is 5.56 Å². The van der Waals surface area contributed by atoms with Crippen molar-refractivity contribution in [3.63, 3.8) is 0 Å². The molecule has 0 spiro atoms. The minimum Gasteiger partial charge on any atom is -0.361 e. The quantitative estimate of drug-likeness (QED) is 0.944. The highest BCUT2D eigenvalue weighted by Crippen LogP contribution is 2.20. The van der Waals surface area contributed by atoms with Crippen molar-refractivity contribution >= 4 is 6.03 Å². The molecular formula is C17H21N3O2. The van der Waals surface area contributed by atoms with Crippen molar-refractivity contribution in [3.8, 4) is 0 Å². The minimum atomic E-state index is -0.0174. The van der Waals surface area contributed by atoms with E-state index in [9.17, 15) is 4.79 Å². The number of rotatable bonds is 4. The second-order valence-electron chi connectivity index (χ2n) is 5.88. The first kappa shape index (κ1) is 14.6. The van der Waals surface area contributed by atoms with Crippen molar-refractivity contribution in [2.75, 3.05) is 13.1 Å². The largest absolute Gasteiger partial charge is 0.361 e. The molecule has 0 unspecified atom stereocenters. The summed E-state index contributed by atoms with van der Waals surface area (Å²) in [6.45, 7) is 3.89. The lowest BCUT2D eigenvalue weighted by Gasteiger charge is -2.17. The van der Waals surface area contributed by atoms with E-state index >= 15 is 0 Å². The van der Waals surface area contributed by atoms with Crippen LogP contribution in [0.15, 0.2) is 40.9 Å². The Kier molecular flexibility index (Phi) is 4.42. The summed E-state index contributed by atoms with van der Waals surface area (Å²) in [6, 6.07) is 12.3. The number of nitrogens with zero attached hydrogens (tertiary/aromatic N) is 2. The first-order chi connectivity index (χ1) is 10.7. The van der Waals surface area contributed by atoms with E-state index < -0.39 is 0 Å². The van der Waals surface area contributed by atoms with Crippen molar-refractivity contribution in [1.82, 2.24) is 15.4 Å². The first-order valence-corrected chi connectivity index (χ1v) is 7.69. The SMILES string of the molecule is Cc1cc(CNC(=O)N2CC[C@@H](Cc3ccccc3)C2)no1. The molecule has 1 aliphatic heterocycles. The summed E-state index contributed by atoms with van der Waals surface area (Å²) in [4.78, 5) is 14.1. The highest BCUT2D eigenvalue weighted by molar-refractivity contribution is 5.74. The summed E-state index contributed by atoms with van der Waals surface area (Å²) in [5.41, 5.74) is 2.10. The molecule has 5 nitrogen and oxygen atoms in total. The zero-order valence-electron chi connectivity index (χ0n) is 12.8. The molecule has 116 valence electrons. The van der Waals surface area contributed by atoms with Crippen molar-refractivity contribution in [2.45, 2.75) is 26.3 Å². The third kappa shape index (κ3) is 3.67. The molecule has 1 saturated heterocycles. The van der Waals surface area contributed by atoms with Gasteiger partial charge in [0.05, 0.1) is 6.54 Å². The van der Waals surface area contributed by atoms with Gasteiger partial charge < -0.3 is 14.7 Å². The summed E-state index contributed by atoms with van der Waals surface area (Å²) in [5, 5.41) is 6.78. The normalized spacial score (nSPS) is 17.7. The minimum absolute atomic E-state index is 0.0174. The van der Waals surface area contributed by atoms with Crippen molar-refractivity contribution in [1.29, 1.82) is 0 Å². The Bertz CT molecular complexity index is 624. The van der Waals surface area contributed by atoms with E-state index in [0.29, 0.717) is 12.5 Å². The molecule has 1 N–H and O–H groups in total. The van der Waals surface area contributed by atoms with Crippen LogP contribution in [0.1, 0.15) is 23.4 Å². The maximum atomic E-state index is 12.2. The van der Waals surface area contributed by atoms with Gasteiger partial charge in [0.2, 0.25) is 0 Å². The number of carbonyl (C=O) groups is 1. The van der Waals surface area contributed by atoms with Crippen LogP contribution in [0.2, 0.25) is 0 Å². The van der Waals surface area contributed by atoms with Gasteiger partial charge in [-0.2, -0.15) is 0 Å². The van der Waals surface area contributed by atoms with E-state index in [0.717, 1.165) is 37.4 Å². The van der Waals surface area contributed by atoms with Gasteiger partial charge in [0.25, 0.3) is 0 Å². The first-order valence-electron chi connectivity index (χ1n) is 7.69. The van der Waals surface area contributed by atoms with Crippen LogP contribution in [-0.4, -0.2) is 29.2 Å². The molecule has 2 amide bonds. The molecule has 0 bridgehead atoms. The number of hydrogen-bond acceptors (Lipinski definition) is 3. The third-order valence-electron chi connectivity index (χ3n) is 4.04. The lowest BCUT2D eigenvalue weighted by atomic mass is 9.99. The van der Waals surface area contributed by atoms with Crippen LogP contribution in [0.3, 0.4) is 0 Å². The fraction of sp³-hybridized carbons (Fsp3) is 0.412. The summed E-state index contributed by atoms with van der Waals surface area (Å²) < 4.78 is 4.99. The molecule has 1 aliphatic rings. The average Bonchev–Trinajstić information content (AvgIpc) is 3.15. The van der Waals surface area contributed by atoms with Crippen LogP contribution in [0.4, 0.5) is 4.79 Å². The zero-order valence-corrected chi connectivity index (χ0v) is 12.8. The lowest BCUT2D eigenvalue weighted by Crippen LogP contribution is -2.38. The van der Waals surface area contributed by atoms with Gasteiger partial charge >= 0.3 is 6.03 Å². The van der Waals surface area contributed by atoms with Gasteiger partial charge in [0.1, 0.15) is 11.5 Å². The van der Waals surface area contributed by atoms with Crippen LogP contribution in [0.5, 0.6) is 0 Å². The third-order valence-corrected chi connectivity index (χ3v) is 4.04. The number of hydrogen-bond donors (Lipinski definition) is 1. The summed E-state index contributed by atoms with van der Waals surface area (Å²) in [5.74, 6) is 1.30. The van der Waals surface area contributed by atoms with E-state index in [1.54, 1.807) is 0 Å². The van der Waals surface area contributed by atoms with Crippen molar-refractivity contribution in [3.05, 3.63) is 53.4 Å². The van der Waals surface area contributed by atoms with Crippen LogP contribution in [0, 0.1) is 12.8 Å². The Morgan fingerprint density at radius 3 is 2.95 bits per heavy atom. The Balaban J connectivity index is 1.46. The van der Waals surface area contributed by atoms with Crippen LogP contribution in [-0.2, 0) is 13.0 Å². The molecule has 1 aromatic heterocycles. The molecular weight excluding hydrogens is 278 g/mol. The molecule has 2 heterocycles. The smallest absolute Gasteiger partial charge is 0.317 e. The maximum Gasteiger partial charge on any atom is 0.317 e. The highest BCUT2D eigenvalue weighted by Gasteiger charge is 2.26. The molecule has 1 aromatic carbocycles. The summed E-state index contributed by atoms with van der Waals surface area (Å²) >= 11 is 0. The molecule has 3 rings (SSSR count). The number of urea groups is 1. The average molecular weight is 299 g/mol. The number of amides is 2. The number of aryl methyl sites for hydroxylation is 1. The number of aromatic nitrogens is 1. The van der Waals surface area contributed by atoms with Gasteiger partial charge in [0.15, 0.2) is 0 Å². The van der Waals surface area contributed by atoms with E-state index in [-0.39, 0.29) is 6.03 Å². The topological polar surface area (TPSA) is 58.4 Å². The Morgan fingerprint density at radius 1 is 1.41 bits per heavy atom. The zero-order chi connectivity index (χ0) is 15.4. The highest BCUT2D eigenvalue weighted by atomic mass is 16.5. The standard InChI is InChI=1S/C17H21N3O2/c1-13-9-16(19-22-13)11-18-17(21)20-8-7-15(12-20)10-14-5-3-2-4-6-14/h2-6,9,15H,7-8,10-12H2,1H3,(H,18,21)/t15-/m0/s1.